The molecule has 5 heteroatoms. The second-order valence-electron chi connectivity index (χ2n) is 2.90. The molecule has 0 atom stereocenters. The Labute approximate surface area is 84.8 Å². The van der Waals surface area contributed by atoms with Gasteiger partial charge in [0.05, 0.1) is 6.42 Å². The van der Waals surface area contributed by atoms with Gasteiger partial charge < -0.3 is 10.8 Å². The fraction of sp³-hybridized carbons (Fsp3) is 0.100. The molecule has 0 aliphatic heterocycles. The summed E-state index contributed by atoms with van der Waals surface area (Å²) in [4.78, 5) is 10.2. The monoisotopic (exact) mass is 213 g/mol. The van der Waals surface area contributed by atoms with Gasteiger partial charge in [0.1, 0.15) is 0 Å². The Hall–Kier alpha value is -1.91. The van der Waals surface area contributed by atoms with Crippen molar-refractivity contribution in [2.75, 3.05) is 5.73 Å². The fourth-order valence-electron chi connectivity index (χ4n) is 1.01. The van der Waals surface area contributed by atoms with E-state index in [-0.39, 0.29) is 17.7 Å². The zero-order valence-electron chi connectivity index (χ0n) is 7.71. The summed E-state index contributed by atoms with van der Waals surface area (Å²) < 4.78 is 25.4. The smallest absolute Gasteiger partial charge is 0.307 e. The molecule has 1 aromatic rings. The Balaban J connectivity index is 2.90. The zero-order chi connectivity index (χ0) is 11.4. The highest BCUT2D eigenvalue weighted by atomic mass is 19.2. The van der Waals surface area contributed by atoms with Crippen molar-refractivity contribution < 1.29 is 18.7 Å². The lowest BCUT2D eigenvalue weighted by Gasteiger charge is -2.01. The van der Waals surface area contributed by atoms with E-state index in [9.17, 15) is 13.6 Å². The van der Waals surface area contributed by atoms with Gasteiger partial charge in [-0.1, -0.05) is 12.2 Å². The van der Waals surface area contributed by atoms with Crippen LogP contribution in [0.25, 0.3) is 6.08 Å². The van der Waals surface area contributed by atoms with Gasteiger partial charge >= 0.3 is 5.97 Å². The van der Waals surface area contributed by atoms with Crippen LogP contribution in [0.3, 0.4) is 0 Å². The third-order valence-corrected chi connectivity index (χ3v) is 1.72. The van der Waals surface area contributed by atoms with Crippen LogP contribution >= 0.6 is 0 Å². The van der Waals surface area contributed by atoms with Gasteiger partial charge in [-0.2, -0.15) is 0 Å². The molecule has 1 aromatic carbocycles. The predicted molar refractivity (Wildman–Crippen MR) is 52.1 cm³/mol. The van der Waals surface area contributed by atoms with Crippen molar-refractivity contribution in [2.45, 2.75) is 6.42 Å². The quantitative estimate of drug-likeness (QED) is 0.755. The lowest BCUT2D eigenvalue weighted by molar-refractivity contribution is -0.135. The van der Waals surface area contributed by atoms with Gasteiger partial charge in [0.25, 0.3) is 0 Å². The molecule has 80 valence electrons. The molecule has 15 heavy (non-hydrogen) atoms. The van der Waals surface area contributed by atoms with Crippen LogP contribution in [0.2, 0.25) is 0 Å². The fourth-order valence-corrected chi connectivity index (χ4v) is 1.01. The van der Waals surface area contributed by atoms with Crippen LogP contribution in [-0.2, 0) is 4.79 Å². The molecule has 0 fully saturated rings. The molecule has 0 saturated heterocycles. The van der Waals surface area contributed by atoms with Crippen LogP contribution in [0.1, 0.15) is 12.0 Å². The number of benzene rings is 1. The Morgan fingerprint density at radius 2 is 2.00 bits per heavy atom. The number of carboxylic acid groups (broad SMARTS) is 1. The van der Waals surface area contributed by atoms with Gasteiger partial charge in [-0.3, -0.25) is 4.79 Å². The average molecular weight is 213 g/mol. The molecule has 0 aliphatic carbocycles. The number of nitrogen functional groups attached to an aromatic ring is 1. The van der Waals surface area contributed by atoms with Crippen molar-refractivity contribution in [1.29, 1.82) is 0 Å². The molecule has 0 heterocycles. The summed E-state index contributed by atoms with van der Waals surface area (Å²) in [5.74, 6) is -3.05. The van der Waals surface area contributed by atoms with Crippen molar-refractivity contribution in [3.8, 4) is 0 Å². The number of nitrogens with two attached hydrogens (primary N) is 1. The maximum Gasteiger partial charge on any atom is 0.307 e. The largest absolute Gasteiger partial charge is 0.481 e. The predicted octanol–water partition coefficient (Wildman–Crippen LogP) is 2.03. The molecule has 0 radical (unpaired) electrons. The third kappa shape index (κ3) is 3.05. The molecule has 0 aromatic heterocycles. The minimum Gasteiger partial charge on any atom is -0.481 e. The molecular formula is C10H9F2NO2. The van der Waals surface area contributed by atoms with Crippen molar-refractivity contribution in [3.05, 3.63) is 35.4 Å². The van der Waals surface area contributed by atoms with E-state index >= 15 is 0 Å². The van der Waals surface area contributed by atoms with Gasteiger partial charge in [0, 0.05) is 17.3 Å². The van der Waals surface area contributed by atoms with Crippen molar-refractivity contribution in [3.63, 3.8) is 0 Å². The van der Waals surface area contributed by atoms with Crippen LogP contribution in [0, 0.1) is 11.6 Å². The van der Waals surface area contributed by atoms with Crippen LogP contribution in [-0.4, -0.2) is 11.1 Å². The van der Waals surface area contributed by atoms with E-state index in [1.54, 1.807) is 0 Å². The molecule has 0 aliphatic rings. The maximum absolute atomic E-state index is 12.8. The second-order valence-corrected chi connectivity index (χ2v) is 2.90. The Bertz CT molecular complexity index is 416. The number of hydrogen-bond donors (Lipinski definition) is 2. The SMILES string of the molecule is Nc1cc(F)c(F)cc1C=CCC(=O)O. The first-order valence-electron chi connectivity index (χ1n) is 4.13. The Morgan fingerprint density at radius 1 is 1.40 bits per heavy atom. The molecular weight excluding hydrogens is 204 g/mol. The van der Waals surface area contributed by atoms with E-state index in [1.165, 1.54) is 12.2 Å². The van der Waals surface area contributed by atoms with Crippen molar-refractivity contribution in [1.82, 2.24) is 0 Å². The lowest BCUT2D eigenvalue weighted by atomic mass is 10.1. The van der Waals surface area contributed by atoms with Gasteiger partial charge in [-0.05, 0) is 6.07 Å². The number of rotatable bonds is 3. The second kappa shape index (κ2) is 4.54. The van der Waals surface area contributed by atoms with E-state index in [0.29, 0.717) is 0 Å². The van der Waals surface area contributed by atoms with Crippen LogP contribution < -0.4 is 5.73 Å². The van der Waals surface area contributed by atoms with E-state index in [0.717, 1.165) is 12.1 Å². The summed E-state index contributed by atoms with van der Waals surface area (Å²) in [6, 6.07) is 1.78. The summed E-state index contributed by atoms with van der Waals surface area (Å²) in [6.45, 7) is 0. The van der Waals surface area contributed by atoms with E-state index in [4.69, 9.17) is 10.8 Å². The summed E-state index contributed by atoms with van der Waals surface area (Å²) in [5.41, 5.74) is 5.73. The standard InChI is InChI=1S/C10H9F2NO2/c11-7-4-6(2-1-3-10(14)15)9(13)5-8(7)12/h1-2,4-5H,3,13H2,(H,14,15). The summed E-state index contributed by atoms with van der Waals surface area (Å²) in [6.07, 6.45) is 2.45. The van der Waals surface area contributed by atoms with Gasteiger partial charge in [-0.25, -0.2) is 8.78 Å². The highest BCUT2D eigenvalue weighted by molar-refractivity contribution is 5.72. The number of hydrogen-bond acceptors (Lipinski definition) is 2. The van der Waals surface area contributed by atoms with Gasteiger partial charge in [0.15, 0.2) is 11.6 Å². The molecule has 0 saturated carbocycles. The number of aliphatic carboxylic acids is 1. The van der Waals surface area contributed by atoms with Gasteiger partial charge in [0.2, 0.25) is 0 Å². The van der Waals surface area contributed by atoms with Crippen molar-refractivity contribution in [2.24, 2.45) is 0 Å². The first-order chi connectivity index (χ1) is 7.00. The molecule has 0 bridgehead atoms. The van der Waals surface area contributed by atoms with Crippen LogP contribution in [0.15, 0.2) is 18.2 Å². The number of carboxylic acids is 1. The third-order valence-electron chi connectivity index (χ3n) is 1.72. The first kappa shape index (κ1) is 11.2. The molecule has 0 amide bonds. The molecule has 0 unspecified atom stereocenters. The lowest BCUT2D eigenvalue weighted by Crippen LogP contribution is -1.94. The van der Waals surface area contributed by atoms with Crippen LogP contribution in [0.4, 0.5) is 14.5 Å². The van der Waals surface area contributed by atoms with Crippen LogP contribution in [0.5, 0.6) is 0 Å². The topological polar surface area (TPSA) is 63.3 Å². The number of anilines is 1. The molecule has 0 spiro atoms. The first-order valence-corrected chi connectivity index (χ1v) is 4.13. The minimum absolute atomic E-state index is 0.0653. The Kier molecular flexibility index (Phi) is 3.38. The summed E-state index contributed by atoms with van der Waals surface area (Å²) in [5, 5.41) is 8.34. The maximum atomic E-state index is 12.8. The van der Waals surface area contributed by atoms with E-state index < -0.39 is 17.6 Å². The highest BCUT2D eigenvalue weighted by Crippen LogP contribution is 2.18. The zero-order valence-corrected chi connectivity index (χ0v) is 7.71. The highest BCUT2D eigenvalue weighted by Gasteiger charge is 2.05. The normalized spacial score (nSPS) is 10.8. The minimum atomic E-state index is -1.03. The Morgan fingerprint density at radius 3 is 2.60 bits per heavy atom. The number of halogens is 2. The van der Waals surface area contributed by atoms with Crippen molar-refractivity contribution >= 4 is 17.7 Å². The molecule has 1 rings (SSSR count). The molecule has 3 nitrogen and oxygen atoms in total. The number of carbonyl (C=O) groups is 1. The average Bonchev–Trinajstić information content (AvgIpc) is 2.13. The van der Waals surface area contributed by atoms with Gasteiger partial charge in [-0.15, -0.1) is 0 Å². The van der Waals surface area contributed by atoms with E-state index in [1.807, 2.05) is 0 Å². The van der Waals surface area contributed by atoms with E-state index in [2.05, 4.69) is 0 Å². The summed E-state index contributed by atoms with van der Waals surface area (Å²) in [7, 11) is 0. The summed E-state index contributed by atoms with van der Waals surface area (Å²) >= 11 is 0. The molecule has 3 N–H and O–H groups in total.